The van der Waals surface area contributed by atoms with E-state index in [-0.39, 0.29) is 5.41 Å². The van der Waals surface area contributed by atoms with Crippen LogP contribution in [0.2, 0.25) is 0 Å². The van der Waals surface area contributed by atoms with Crippen molar-refractivity contribution in [2.75, 3.05) is 4.90 Å². The zero-order valence-electron chi connectivity index (χ0n) is 26.8. The highest BCUT2D eigenvalue weighted by Gasteiger charge is 2.38. The Kier molecular flexibility index (Phi) is 5.63. The summed E-state index contributed by atoms with van der Waals surface area (Å²) in [5, 5.41) is 4.81. The van der Waals surface area contributed by atoms with Crippen LogP contribution < -0.4 is 4.90 Å². The number of furan rings is 1. The van der Waals surface area contributed by atoms with Crippen molar-refractivity contribution in [1.82, 2.24) is 4.57 Å². The van der Waals surface area contributed by atoms with Crippen LogP contribution in [0.3, 0.4) is 0 Å². The number of hydrogen-bond acceptors (Lipinski definition) is 2. The first-order valence-corrected chi connectivity index (χ1v) is 16.6. The molecular weight excluding hydrogens is 585 g/mol. The predicted octanol–water partition coefficient (Wildman–Crippen LogP) is 12.5. The van der Waals surface area contributed by atoms with Crippen molar-refractivity contribution in [3.8, 4) is 16.8 Å². The summed E-state index contributed by atoms with van der Waals surface area (Å²) in [6, 6.07) is 56.9. The molecule has 0 saturated carbocycles. The summed E-state index contributed by atoms with van der Waals surface area (Å²) in [6.07, 6.45) is 0. The minimum atomic E-state index is -0.191. The smallest absolute Gasteiger partial charge is 0.143 e. The van der Waals surface area contributed by atoms with Crippen molar-refractivity contribution in [3.63, 3.8) is 0 Å². The average molecular weight is 617 g/mol. The number of hydrogen-bond donors (Lipinski definition) is 0. The largest absolute Gasteiger partial charge is 0.455 e. The molecule has 1 aliphatic rings. The number of fused-ring (bicyclic) bond motifs is 10. The molecule has 0 atom stereocenters. The van der Waals surface area contributed by atoms with E-state index in [4.69, 9.17) is 4.42 Å². The number of benzene rings is 7. The van der Waals surface area contributed by atoms with Crippen molar-refractivity contribution in [3.05, 3.63) is 169 Å². The first-order valence-electron chi connectivity index (χ1n) is 16.6. The van der Waals surface area contributed by atoms with E-state index in [2.05, 4.69) is 175 Å². The predicted molar refractivity (Wildman–Crippen MR) is 200 cm³/mol. The summed E-state index contributed by atoms with van der Waals surface area (Å²) in [4.78, 5) is 2.39. The van der Waals surface area contributed by atoms with Crippen LogP contribution in [-0.4, -0.2) is 4.57 Å². The van der Waals surface area contributed by atoms with E-state index in [1.165, 1.54) is 49.4 Å². The highest BCUT2D eigenvalue weighted by atomic mass is 16.3. The normalized spacial score (nSPS) is 13.4. The van der Waals surface area contributed by atoms with Crippen molar-refractivity contribution < 1.29 is 4.42 Å². The lowest BCUT2D eigenvalue weighted by Crippen LogP contribution is -2.16. The molecule has 0 spiro atoms. The van der Waals surface area contributed by atoms with E-state index < -0.39 is 0 Å². The highest BCUT2D eigenvalue weighted by Crippen LogP contribution is 2.54. The van der Waals surface area contributed by atoms with Crippen molar-refractivity contribution in [2.24, 2.45) is 0 Å². The second-order valence-electron chi connectivity index (χ2n) is 13.4. The molecule has 0 aliphatic heterocycles. The van der Waals surface area contributed by atoms with Gasteiger partial charge in [0.2, 0.25) is 0 Å². The van der Waals surface area contributed by atoms with Gasteiger partial charge >= 0.3 is 0 Å². The fourth-order valence-corrected chi connectivity index (χ4v) is 8.11. The van der Waals surface area contributed by atoms with Crippen LogP contribution >= 0.6 is 0 Å². The molecule has 10 rings (SSSR count). The van der Waals surface area contributed by atoms with Gasteiger partial charge < -0.3 is 13.9 Å². The van der Waals surface area contributed by atoms with E-state index in [0.29, 0.717) is 0 Å². The van der Waals surface area contributed by atoms with Crippen LogP contribution in [0.25, 0.3) is 60.6 Å². The third kappa shape index (κ3) is 3.76. The van der Waals surface area contributed by atoms with Crippen molar-refractivity contribution in [2.45, 2.75) is 19.3 Å². The van der Waals surface area contributed by atoms with Crippen LogP contribution in [0.4, 0.5) is 17.1 Å². The minimum absolute atomic E-state index is 0.191. The van der Waals surface area contributed by atoms with Gasteiger partial charge in [0.25, 0.3) is 0 Å². The number of aromatic nitrogens is 1. The topological polar surface area (TPSA) is 21.3 Å². The molecule has 2 heterocycles. The van der Waals surface area contributed by atoms with Crippen molar-refractivity contribution in [1.29, 1.82) is 0 Å². The molecule has 9 aromatic rings. The molecular formula is C45H32N2O. The SMILES string of the molecule is CC1(C)c2cc(N(c3ccccc3)c3ccc4c(c3)c3ccccc3n4-c3ccccc3)ccc2-c2c1ccc1c2oc2ccccc21. The van der Waals surface area contributed by atoms with Gasteiger partial charge in [0, 0.05) is 55.3 Å². The lowest BCUT2D eigenvalue weighted by atomic mass is 9.82. The molecule has 0 N–H and O–H groups in total. The zero-order chi connectivity index (χ0) is 32.0. The number of rotatable bonds is 4. The van der Waals surface area contributed by atoms with E-state index in [9.17, 15) is 0 Å². The van der Waals surface area contributed by atoms with Crippen LogP contribution in [0.5, 0.6) is 0 Å². The van der Waals surface area contributed by atoms with Crippen LogP contribution in [-0.2, 0) is 5.41 Å². The fraction of sp³-hybridized carbons (Fsp3) is 0.0667. The Balaban J connectivity index is 1.18. The van der Waals surface area contributed by atoms with Gasteiger partial charge in [0.1, 0.15) is 11.2 Å². The van der Waals surface area contributed by atoms with Crippen LogP contribution in [0, 0.1) is 0 Å². The van der Waals surface area contributed by atoms with Gasteiger partial charge in [-0.25, -0.2) is 0 Å². The molecule has 2 aromatic heterocycles. The molecule has 0 saturated heterocycles. The summed E-state index contributed by atoms with van der Waals surface area (Å²) >= 11 is 0. The molecule has 3 nitrogen and oxygen atoms in total. The summed E-state index contributed by atoms with van der Waals surface area (Å²) in [6.45, 7) is 4.68. The van der Waals surface area contributed by atoms with Crippen LogP contribution in [0.15, 0.2) is 162 Å². The summed E-state index contributed by atoms with van der Waals surface area (Å²) in [5.74, 6) is 0. The number of para-hydroxylation sites is 4. The number of anilines is 3. The molecule has 0 fully saturated rings. The molecule has 7 aromatic carbocycles. The maximum atomic E-state index is 6.56. The van der Waals surface area contributed by atoms with Gasteiger partial charge in [0.15, 0.2) is 0 Å². The molecule has 0 amide bonds. The number of nitrogens with zero attached hydrogens (tertiary/aromatic N) is 2. The second-order valence-corrected chi connectivity index (χ2v) is 13.4. The first kappa shape index (κ1) is 27.1. The summed E-state index contributed by atoms with van der Waals surface area (Å²) in [5.41, 5.74) is 13.7. The highest BCUT2D eigenvalue weighted by molar-refractivity contribution is 6.12. The van der Waals surface area contributed by atoms with Gasteiger partial charge in [-0.15, -0.1) is 0 Å². The third-order valence-corrected chi connectivity index (χ3v) is 10.4. The Bertz CT molecular complexity index is 2700. The van der Waals surface area contributed by atoms with E-state index in [1.54, 1.807) is 0 Å². The summed E-state index contributed by atoms with van der Waals surface area (Å²) in [7, 11) is 0. The third-order valence-electron chi connectivity index (χ3n) is 10.4. The zero-order valence-corrected chi connectivity index (χ0v) is 26.8. The fourth-order valence-electron chi connectivity index (χ4n) is 8.11. The lowest BCUT2D eigenvalue weighted by molar-refractivity contribution is 0.653. The maximum Gasteiger partial charge on any atom is 0.143 e. The Morgan fingerprint density at radius 2 is 1.17 bits per heavy atom. The second kappa shape index (κ2) is 9.97. The Labute approximate surface area is 278 Å². The van der Waals surface area contributed by atoms with Gasteiger partial charge in [0.05, 0.1) is 11.0 Å². The van der Waals surface area contributed by atoms with Gasteiger partial charge in [-0.2, -0.15) is 0 Å². The van der Waals surface area contributed by atoms with E-state index >= 15 is 0 Å². The molecule has 1 aliphatic carbocycles. The standard InChI is InChI=1S/C45H32N2O/c1-45(2)38-25-24-35-34-18-10-12-20-42(34)48-44(35)43(38)36-23-21-32(28-39(36)45)46(29-13-5-3-6-14-29)31-22-26-41-37(27-31)33-17-9-11-19-40(33)47(41)30-15-7-4-8-16-30/h3-28H,1-2H3. The van der Waals surface area contributed by atoms with E-state index in [1.807, 2.05) is 6.07 Å². The quantitative estimate of drug-likeness (QED) is 0.196. The Morgan fingerprint density at radius 1 is 0.500 bits per heavy atom. The molecule has 0 bridgehead atoms. The van der Waals surface area contributed by atoms with Gasteiger partial charge in [-0.3, -0.25) is 0 Å². The molecule has 0 radical (unpaired) electrons. The lowest BCUT2D eigenvalue weighted by Gasteiger charge is -2.28. The molecule has 3 heteroatoms. The monoisotopic (exact) mass is 616 g/mol. The Hall–Kier alpha value is -6.06. The Morgan fingerprint density at radius 3 is 2.00 bits per heavy atom. The average Bonchev–Trinajstić information content (AvgIpc) is 3.75. The minimum Gasteiger partial charge on any atom is -0.455 e. The maximum absolute atomic E-state index is 6.56. The van der Waals surface area contributed by atoms with Crippen molar-refractivity contribution >= 4 is 60.8 Å². The van der Waals surface area contributed by atoms with Gasteiger partial charge in [-0.05, 0) is 83.4 Å². The van der Waals surface area contributed by atoms with E-state index in [0.717, 1.165) is 39.3 Å². The van der Waals surface area contributed by atoms with Gasteiger partial charge in [-0.1, -0.05) is 105 Å². The molecule has 48 heavy (non-hydrogen) atoms. The molecule has 228 valence electrons. The molecule has 0 unspecified atom stereocenters. The first-order chi connectivity index (χ1) is 23.6. The van der Waals surface area contributed by atoms with Crippen LogP contribution in [0.1, 0.15) is 25.0 Å². The summed E-state index contributed by atoms with van der Waals surface area (Å²) < 4.78 is 8.93.